The molecule has 0 saturated heterocycles. The van der Waals surface area contributed by atoms with Crippen LogP contribution >= 0.6 is 0 Å². The first-order chi connectivity index (χ1) is 8.16. The van der Waals surface area contributed by atoms with E-state index in [1.165, 1.54) is 6.08 Å². The summed E-state index contributed by atoms with van der Waals surface area (Å²) in [6.07, 6.45) is 9.51. The molecular weight excluding hydrogens is 218 g/mol. The topological polar surface area (TPSA) is 68.0 Å². The number of aromatic nitrogens is 3. The van der Waals surface area contributed by atoms with Crippen LogP contribution in [0, 0.1) is 0 Å². The lowest BCUT2D eigenvalue weighted by Gasteiger charge is -2.01. The molecule has 0 aromatic carbocycles. The average molecular weight is 229 g/mol. The summed E-state index contributed by atoms with van der Waals surface area (Å²) in [6, 6.07) is 1.83. The Morgan fingerprint density at radius 2 is 2.29 bits per heavy atom. The maximum Gasteiger partial charge on any atom is 0.328 e. The van der Waals surface area contributed by atoms with E-state index in [-0.39, 0.29) is 0 Å². The maximum atomic E-state index is 10.5. The Kier molecular flexibility index (Phi) is 3.00. The van der Waals surface area contributed by atoms with Crippen LogP contribution in [-0.4, -0.2) is 25.8 Å². The summed E-state index contributed by atoms with van der Waals surface area (Å²) < 4.78 is 1.69. The Bertz CT molecular complexity index is 573. The van der Waals surface area contributed by atoms with Gasteiger partial charge >= 0.3 is 5.97 Å². The molecule has 2 rings (SSSR count). The van der Waals surface area contributed by atoms with E-state index >= 15 is 0 Å². The van der Waals surface area contributed by atoms with Gasteiger partial charge in [0.05, 0.1) is 6.20 Å². The average Bonchev–Trinajstić information content (AvgIpc) is 2.73. The molecule has 5 heteroatoms. The van der Waals surface area contributed by atoms with E-state index in [1.54, 1.807) is 23.3 Å². The second-order valence-corrected chi connectivity index (χ2v) is 3.54. The number of carbonyl (C=O) groups is 1. The van der Waals surface area contributed by atoms with Gasteiger partial charge < -0.3 is 5.11 Å². The van der Waals surface area contributed by atoms with Crippen molar-refractivity contribution in [3.63, 3.8) is 0 Å². The van der Waals surface area contributed by atoms with Crippen molar-refractivity contribution in [2.75, 3.05) is 0 Å². The standard InChI is InChI=1S/C12H11N3O2/c1-15-8-10(7-14-15)11-4-5-13-6-9(11)2-3-12(16)17/h2-8H,1H3,(H,16,17). The molecule has 0 bridgehead atoms. The zero-order valence-electron chi connectivity index (χ0n) is 9.24. The molecule has 0 saturated carbocycles. The molecule has 2 aromatic heterocycles. The highest BCUT2D eigenvalue weighted by Crippen LogP contribution is 2.22. The van der Waals surface area contributed by atoms with E-state index in [1.807, 2.05) is 19.3 Å². The third-order valence-electron chi connectivity index (χ3n) is 2.27. The van der Waals surface area contributed by atoms with Crippen LogP contribution in [0.5, 0.6) is 0 Å². The molecule has 0 radical (unpaired) electrons. The van der Waals surface area contributed by atoms with Crippen LogP contribution in [0.15, 0.2) is 36.9 Å². The minimum absolute atomic E-state index is 0.753. The highest BCUT2D eigenvalue weighted by molar-refractivity contribution is 5.87. The van der Waals surface area contributed by atoms with Crippen LogP contribution in [-0.2, 0) is 11.8 Å². The number of nitrogens with zero attached hydrogens (tertiary/aromatic N) is 3. The molecule has 86 valence electrons. The van der Waals surface area contributed by atoms with E-state index < -0.39 is 5.97 Å². The lowest BCUT2D eigenvalue weighted by atomic mass is 10.1. The van der Waals surface area contributed by atoms with Gasteiger partial charge in [-0.25, -0.2) is 4.79 Å². The first-order valence-electron chi connectivity index (χ1n) is 5.01. The summed E-state index contributed by atoms with van der Waals surface area (Å²) in [7, 11) is 1.83. The predicted octanol–water partition coefficient (Wildman–Crippen LogP) is 1.58. The van der Waals surface area contributed by atoms with Crippen LogP contribution in [0.25, 0.3) is 17.2 Å². The summed E-state index contributed by atoms with van der Waals surface area (Å²) in [5, 5.41) is 12.7. The van der Waals surface area contributed by atoms with Crippen molar-refractivity contribution < 1.29 is 9.90 Å². The molecule has 2 aromatic rings. The van der Waals surface area contributed by atoms with Crippen LogP contribution in [0.4, 0.5) is 0 Å². The second kappa shape index (κ2) is 4.61. The molecule has 0 aliphatic carbocycles. The van der Waals surface area contributed by atoms with Crippen molar-refractivity contribution in [2.45, 2.75) is 0 Å². The highest BCUT2D eigenvalue weighted by atomic mass is 16.4. The molecule has 0 spiro atoms. The molecule has 2 heterocycles. The number of aryl methyl sites for hydroxylation is 1. The van der Waals surface area contributed by atoms with Crippen LogP contribution in [0.2, 0.25) is 0 Å². The highest BCUT2D eigenvalue weighted by Gasteiger charge is 2.04. The smallest absolute Gasteiger partial charge is 0.328 e. The summed E-state index contributed by atoms with van der Waals surface area (Å²) in [5.74, 6) is -0.981. The second-order valence-electron chi connectivity index (χ2n) is 3.54. The molecule has 0 aliphatic heterocycles. The summed E-state index contributed by atoms with van der Waals surface area (Å²) >= 11 is 0. The fourth-order valence-electron chi connectivity index (χ4n) is 1.52. The predicted molar refractivity (Wildman–Crippen MR) is 63.1 cm³/mol. The van der Waals surface area contributed by atoms with Crippen molar-refractivity contribution in [3.05, 3.63) is 42.5 Å². The van der Waals surface area contributed by atoms with Gasteiger partial charge in [0.2, 0.25) is 0 Å². The lowest BCUT2D eigenvalue weighted by Crippen LogP contribution is -1.88. The Morgan fingerprint density at radius 3 is 2.94 bits per heavy atom. The van der Waals surface area contributed by atoms with E-state index in [9.17, 15) is 4.79 Å². The van der Waals surface area contributed by atoms with Gasteiger partial charge in [-0.15, -0.1) is 0 Å². The van der Waals surface area contributed by atoms with E-state index in [0.29, 0.717) is 0 Å². The Hall–Kier alpha value is -2.43. The minimum Gasteiger partial charge on any atom is -0.478 e. The molecule has 0 unspecified atom stereocenters. The molecule has 17 heavy (non-hydrogen) atoms. The van der Waals surface area contributed by atoms with Crippen LogP contribution < -0.4 is 0 Å². The van der Waals surface area contributed by atoms with Gasteiger partial charge in [0.15, 0.2) is 0 Å². The molecule has 0 amide bonds. The third kappa shape index (κ3) is 2.57. The van der Waals surface area contributed by atoms with E-state index in [2.05, 4.69) is 10.1 Å². The fourth-order valence-corrected chi connectivity index (χ4v) is 1.52. The molecular formula is C12H11N3O2. The number of carboxylic acids is 1. The first kappa shape index (κ1) is 11.1. The van der Waals surface area contributed by atoms with Gasteiger partial charge in [-0.2, -0.15) is 5.10 Å². The molecule has 0 fully saturated rings. The van der Waals surface area contributed by atoms with Crippen molar-refractivity contribution in [3.8, 4) is 11.1 Å². The molecule has 0 aliphatic rings. The first-order valence-corrected chi connectivity index (χ1v) is 5.01. The Labute approximate surface area is 98.0 Å². The molecule has 0 atom stereocenters. The third-order valence-corrected chi connectivity index (χ3v) is 2.27. The number of aliphatic carboxylic acids is 1. The summed E-state index contributed by atoms with van der Waals surface area (Å²) in [4.78, 5) is 14.5. The molecule has 5 nitrogen and oxygen atoms in total. The van der Waals surface area contributed by atoms with Crippen LogP contribution in [0.1, 0.15) is 5.56 Å². The number of hydrogen-bond donors (Lipinski definition) is 1. The van der Waals surface area contributed by atoms with Gasteiger partial charge in [-0.1, -0.05) is 0 Å². The number of rotatable bonds is 3. The number of hydrogen-bond acceptors (Lipinski definition) is 3. The van der Waals surface area contributed by atoms with Crippen molar-refractivity contribution in [1.82, 2.24) is 14.8 Å². The normalized spacial score (nSPS) is 10.9. The number of carboxylic acid groups (broad SMARTS) is 1. The maximum absolute atomic E-state index is 10.5. The number of pyridine rings is 1. The van der Waals surface area contributed by atoms with E-state index in [4.69, 9.17) is 5.11 Å². The Morgan fingerprint density at radius 1 is 1.47 bits per heavy atom. The van der Waals surface area contributed by atoms with Gasteiger partial charge in [-0.3, -0.25) is 9.67 Å². The van der Waals surface area contributed by atoms with Gasteiger partial charge in [0, 0.05) is 42.8 Å². The van der Waals surface area contributed by atoms with Gasteiger partial charge in [0.1, 0.15) is 0 Å². The van der Waals surface area contributed by atoms with E-state index in [0.717, 1.165) is 22.8 Å². The van der Waals surface area contributed by atoms with Crippen molar-refractivity contribution >= 4 is 12.0 Å². The van der Waals surface area contributed by atoms with Crippen molar-refractivity contribution in [1.29, 1.82) is 0 Å². The van der Waals surface area contributed by atoms with Crippen molar-refractivity contribution in [2.24, 2.45) is 7.05 Å². The lowest BCUT2D eigenvalue weighted by molar-refractivity contribution is -0.131. The van der Waals surface area contributed by atoms with Gasteiger partial charge in [0.25, 0.3) is 0 Å². The monoisotopic (exact) mass is 229 g/mol. The minimum atomic E-state index is -0.981. The summed E-state index contributed by atoms with van der Waals surface area (Å²) in [6.45, 7) is 0. The zero-order chi connectivity index (χ0) is 12.3. The Balaban J connectivity index is 2.44. The SMILES string of the molecule is Cn1cc(-c2ccncc2C=CC(=O)O)cn1. The zero-order valence-corrected chi connectivity index (χ0v) is 9.24. The summed E-state index contributed by atoms with van der Waals surface area (Å²) in [5.41, 5.74) is 2.59. The quantitative estimate of drug-likeness (QED) is 0.811. The largest absolute Gasteiger partial charge is 0.478 e. The van der Waals surface area contributed by atoms with Crippen LogP contribution in [0.3, 0.4) is 0 Å². The fraction of sp³-hybridized carbons (Fsp3) is 0.0833. The van der Waals surface area contributed by atoms with Gasteiger partial charge in [-0.05, 0) is 17.7 Å². The molecule has 1 N–H and O–H groups in total.